The molecule has 0 aliphatic rings. The van der Waals surface area contributed by atoms with E-state index in [1.165, 1.54) is 11.1 Å². The maximum absolute atomic E-state index is 11.3. The normalized spacial score (nSPS) is 11.3. The van der Waals surface area contributed by atoms with E-state index in [2.05, 4.69) is 40.9 Å². The maximum atomic E-state index is 11.3. The second kappa shape index (κ2) is 14.2. The topological polar surface area (TPSA) is 80.5 Å². The van der Waals surface area contributed by atoms with Gasteiger partial charge >= 0.3 is 5.97 Å². The lowest BCUT2D eigenvalue weighted by atomic mass is 10.1. The number of benzene rings is 1. The molecule has 1 aromatic heterocycles. The molecule has 0 radical (unpaired) electrons. The summed E-state index contributed by atoms with van der Waals surface area (Å²) >= 11 is 0. The molecule has 164 valence electrons. The van der Waals surface area contributed by atoms with Crippen molar-refractivity contribution in [1.82, 2.24) is 20.4 Å². The smallest absolute Gasteiger partial charge is 0.305 e. The highest BCUT2D eigenvalue weighted by Crippen LogP contribution is 2.11. The number of hydrogen-bond acceptors (Lipinski definition) is 4. The Bertz CT molecular complexity index is 759. The lowest BCUT2D eigenvalue weighted by Gasteiger charge is -2.12. The number of carbonyl (C=O) groups is 1. The number of carbonyl (C=O) groups excluding carboxylic acids is 1. The molecule has 0 bridgehead atoms. The number of aromatic nitrogens is 2. The van der Waals surface area contributed by atoms with Gasteiger partial charge in [-0.2, -0.15) is 5.10 Å². The van der Waals surface area contributed by atoms with Gasteiger partial charge in [0.25, 0.3) is 0 Å². The van der Waals surface area contributed by atoms with Gasteiger partial charge in [-0.3, -0.25) is 9.48 Å². The third-order valence-corrected chi connectivity index (χ3v) is 4.67. The molecular weight excluding hydrogens is 378 g/mol. The molecule has 7 nitrogen and oxygen atoms in total. The quantitative estimate of drug-likeness (QED) is 0.227. The Labute approximate surface area is 179 Å². The number of rotatable bonds is 13. The third kappa shape index (κ3) is 9.11. The van der Waals surface area contributed by atoms with E-state index in [0.29, 0.717) is 19.6 Å². The van der Waals surface area contributed by atoms with Crippen LogP contribution in [0.2, 0.25) is 0 Å². The van der Waals surface area contributed by atoms with Crippen molar-refractivity contribution in [3.05, 3.63) is 53.9 Å². The van der Waals surface area contributed by atoms with E-state index >= 15 is 0 Å². The van der Waals surface area contributed by atoms with E-state index in [1.54, 1.807) is 6.20 Å². The molecule has 1 aromatic carbocycles. The molecule has 0 amide bonds. The van der Waals surface area contributed by atoms with Crippen LogP contribution < -0.4 is 10.6 Å². The van der Waals surface area contributed by atoms with E-state index in [1.807, 2.05) is 29.9 Å². The molecule has 0 aliphatic carbocycles. The summed E-state index contributed by atoms with van der Waals surface area (Å²) in [6, 6.07) is 10.3. The molecule has 0 fully saturated rings. The average Bonchev–Trinajstić information content (AvgIpc) is 3.25. The van der Waals surface area contributed by atoms with Crippen LogP contribution in [0.1, 0.15) is 57.1 Å². The van der Waals surface area contributed by atoms with Gasteiger partial charge in [0.15, 0.2) is 5.96 Å². The molecule has 0 unspecified atom stereocenters. The van der Waals surface area contributed by atoms with Crippen LogP contribution in [-0.4, -0.2) is 41.4 Å². The second-order valence-corrected chi connectivity index (χ2v) is 7.06. The SMILES string of the molecule is CCNC(=NCc1ccccc1Cn1cccn1)NCCCCCCC(=O)OCC. The molecule has 2 aromatic rings. The first kappa shape index (κ1) is 23.4. The van der Waals surface area contributed by atoms with E-state index < -0.39 is 0 Å². The Morgan fingerprint density at radius 1 is 1.07 bits per heavy atom. The number of guanidine groups is 1. The average molecular weight is 414 g/mol. The molecule has 7 heteroatoms. The molecule has 2 N–H and O–H groups in total. The highest BCUT2D eigenvalue weighted by atomic mass is 16.5. The minimum absolute atomic E-state index is 0.0926. The second-order valence-electron chi connectivity index (χ2n) is 7.06. The first-order valence-electron chi connectivity index (χ1n) is 10.9. The fourth-order valence-electron chi connectivity index (χ4n) is 3.13. The van der Waals surface area contributed by atoms with Gasteiger partial charge in [0.2, 0.25) is 0 Å². The predicted octanol–water partition coefficient (Wildman–Crippen LogP) is 3.50. The summed E-state index contributed by atoms with van der Waals surface area (Å²) in [6.45, 7) is 7.41. The molecule has 1 heterocycles. The molecule has 0 saturated heterocycles. The standard InChI is InChI=1S/C23H35N5O2/c1-3-24-23(25-15-10-6-5-7-14-22(29)30-4-2)26-18-20-12-8-9-13-21(20)19-28-17-11-16-27-28/h8-9,11-13,16-17H,3-7,10,14-15,18-19H2,1-2H3,(H2,24,25,26). The van der Waals surface area contributed by atoms with Crippen molar-refractivity contribution in [3.63, 3.8) is 0 Å². The summed E-state index contributed by atoms with van der Waals surface area (Å²) in [7, 11) is 0. The number of unbranched alkanes of at least 4 members (excludes halogenated alkanes) is 3. The first-order chi connectivity index (χ1) is 14.7. The minimum Gasteiger partial charge on any atom is -0.466 e. The largest absolute Gasteiger partial charge is 0.466 e. The van der Waals surface area contributed by atoms with Crippen LogP contribution in [0, 0.1) is 0 Å². The zero-order valence-corrected chi connectivity index (χ0v) is 18.3. The van der Waals surface area contributed by atoms with Crippen molar-refractivity contribution < 1.29 is 9.53 Å². The van der Waals surface area contributed by atoms with Crippen LogP contribution in [-0.2, 0) is 22.6 Å². The lowest BCUT2D eigenvalue weighted by Crippen LogP contribution is -2.37. The van der Waals surface area contributed by atoms with Gasteiger partial charge in [-0.1, -0.05) is 37.1 Å². The fourth-order valence-corrected chi connectivity index (χ4v) is 3.13. The summed E-state index contributed by atoms with van der Waals surface area (Å²) in [5.74, 6) is 0.739. The van der Waals surface area contributed by atoms with Crippen LogP contribution in [0.5, 0.6) is 0 Å². The van der Waals surface area contributed by atoms with Crippen LogP contribution >= 0.6 is 0 Å². The summed E-state index contributed by atoms with van der Waals surface area (Å²) < 4.78 is 6.87. The van der Waals surface area contributed by atoms with Gasteiger partial charge in [0.1, 0.15) is 0 Å². The molecule has 0 saturated carbocycles. The third-order valence-electron chi connectivity index (χ3n) is 4.67. The van der Waals surface area contributed by atoms with Crippen LogP contribution in [0.4, 0.5) is 0 Å². The van der Waals surface area contributed by atoms with Gasteiger partial charge in [0, 0.05) is 31.9 Å². The minimum atomic E-state index is -0.0926. The molecular formula is C23H35N5O2. The highest BCUT2D eigenvalue weighted by molar-refractivity contribution is 5.79. The maximum Gasteiger partial charge on any atom is 0.305 e. The first-order valence-corrected chi connectivity index (χ1v) is 10.9. The zero-order valence-electron chi connectivity index (χ0n) is 18.3. The number of hydrogen-bond donors (Lipinski definition) is 2. The Kier molecular flexibility index (Phi) is 11.1. The molecule has 0 spiro atoms. The lowest BCUT2D eigenvalue weighted by molar-refractivity contribution is -0.143. The van der Waals surface area contributed by atoms with E-state index in [0.717, 1.165) is 51.3 Å². The van der Waals surface area contributed by atoms with E-state index in [-0.39, 0.29) is 5.97 Å². The highest BCUT2D eigenvalue weighted by Gasteiger charge is 2.04. The fraction of sp³-hybridized carbons (Fsp3) is 0.522. The number of esters is 1. The number of ether oxygens (including phenoxy) is 1. The van der Waals surface area contributed by atoms with E-state index in [9.17, 15) is 4.79 Å². The van der Waals surface area contributed by atoms with Crippen molar-refractivity contribution in [2.45, 2.75) is 59.0 Å². The van der Waals surface area contributed by atoms with Crippen LogP contribution in [0.15, 0.2) is 47.7 Å². The van der Waals surface area contributed by atoms with E-state index in [4.69, 9.17) is 9.73 Å². The monoisotopic (exact) mass is 413 g/mol. The molecule has 2 rings (SSSR count). The number of nitrogens with zero attached hydrogens (tertiary/aromatic N) is 3. The van der Waals surface area contributed by atoms with Crippen molar-refractivity contribution in [1.29, 1.82) is 0 Å². The van der Waals surface area contributed by atoms with Crippen molar-refractivity contribution in [3.8, 4) is 0 Å². The van der Waals surface area contributed by atoms with Gasteiger partial charge in [-0.15, -0.1) is 0 Å². The zero-order chi connectivity index (χ0) is 21.4. The Morgan fingerprint density at radius 3 is 2.60 bits per heavy atom. The number of nitrogens with one attached hydrogen (secondary N) is 2. The van der Waals surface area contributed by atoms with Crippen molar-refractivity contribution >= 4 is 11.9 Å². The summed E-state index contributed by atoms with van der Waals surface area (Å²) in [5, 5.41) is 11.0. The predicted molar refractivity (Wildman–Crippen MR) is 120 cm³/mol. The molecule has 0 atom stereocenters. The van der Waals surface area contributed by atoms with Gasteiger partial charge in [-0.05, 0) is 43.9 Å². The molecule has 0 aliphatic heterocycles. The number of aliphatic imine (C=N–C) groups is 1. The summed E-state index contributed by atoms with van der Waals surface area (Å²) in [6.07, 6.45) is 8.34. The Balaban J connectivity index is 1.76. The van der Waals surface area contributed by atoms with Gasteiger partial charge in [-0.25, -0.2) is 4.99 Å². The summed E-state index contributed by atoms with van der Waals surface area (Å²) in [4.78, 5) is 16.1. The van der Waals surface area contributed by atoms with Gasteiger partial charge in [0.05, 0.1) is 19.7 Å². The van der Waals surface area contributed by atoms with Gasteiger partial charge < -0.3 is 15.4 Å². The van der Waals surface area contributed by atoms with Crippen molar-refractivity contribution in [2.24, 2.45) is 4.99 Å². The van der Waals surface area contributed by atoms with Crippen molar-refractivity contribution in [2.75, 3.05) is 19.7 Å². The Morgan fingerprint density at radius 2 is 1.87 bits per heavy atom. The van der Waals surface area contributed by atoms with Crippen LogP contribution in [0.25, 0.3) is 0 Å². The molecule has 30 heavy (non-hydrogen) atoms. The van der Waals surface area contributed by atoms with Crippen LogP contribution in [0.3, 0.4) is 0 Å². The Hall–Kier alpha value is -2.83. The summed E-state index contributed by atoms with van der Waals surface area (Å²) in [5.41, 5.74) is 2.42.